The summed E-state index contributed by atoms with van der Waals surface area (Å²) >= 11 is 0. The van der Waals surface area contributed by atoms with Gasteiger partial charge >= 0.3 is 5.97 Å². The zero-order valence-electron chi connectivity index (χ0n) is 13.7. The number of rotatable bonds is 9. The molecule has 0 amide bonds. The van der Waals surface area contributed by atoms with E-state index in [0.717, 1.165) is 24.9 Å². The number of carbonyl (C=O) groups is 1. The fraction of sp³-hybridized carbons (Fsp3) is 0.588. The van der Waals surface area contributed by atoms with Crippen molar-refractivity contribution in [3.63, 3.8) is 0 Å². The van der Waals surface area contributed by atoms with E-state index in [-0.39, 0.29) is 23.7 Å². The first-order valence-electron chi connectivity index (χ1n) is 8.26. The predicted octanol–water partition coefficient (Wildman–Crippen LogP) is 3.46. The second-order valence-corrected chi connectivity index (χ2v) is 5.79. The van der Waals surface area contributed by atoms with Crippen LogP contribution < -0.4 is 0 Å². The molecule has 3 unspecified atom stereocenters. The Hall–Kier alpha value is -1.95. The highest BCUT2D eigenvalue weighted by Gasteiger charge is 2.53. The summed E-state index contributed by atoms with van der Waals surface area (Å²) in [5.41, 5.74) is 1.00. The van der Waals surface area contributed by atoms with E-state index in [1.54, 1.807) is 19.1 Å². The number of ether oxygens (including phenoxy) is 1. The molecule has 1 fully saturated rings. The summed E-state index contributed by atoms with van der Waals surface area (Å²) in [4.78, 5) is 24.5. The number of carbonyl (C=O) groups excluding carboxylic acids is 1. The van der Waals surface area contributed by atoms with E-state index in [2.05, 4.69) is 11.8 Å². The number of nitrogens with zero attached hydrogens (tertiary/aromatic N) is 2. The van der Waals surface area contributed by atoms with E-state index in [9.17, 15) is 14.9 Å². The molecule has 0 spiro atoms. The van der Waals surface area contributed by atoms with Gasteiger partial charge in [-0.05, 0) is 25.5 Å². The van der Waals surface area contributed by atoms with E-state index < -0.39 is 4.92 Å². The molecule has 1 aliphatic rings. The maximum absolute atomic E-state index is 12.1. The topological polar surface area (TPSA) is 72.5 Å². The van der Waals surface area contributed by atoms with Crippen molar-refractivity contribution in [3.8, 4) is 0 Å². The Balaban J connectivity index is 2.03. The van der Waals surface area contributed by atoms with Crippen LogP contribution in [-0.4, -0.2) is 35.0 Å². The van der Waals surface area contributed by atoms with Crippen molar-refractivity contribution in [2.75, 3.05) is 13.2 Å². The molecule has 6 heteroatoms. The zero-order valence-corrected chi connectivity index (χ0v) is 13.7. The van der Waals surface area contributed by atoms with Crippen molar-refractivity contribution in [2.24, 2.45) is 0 Å². The third-order valence-corrected chi connectivity index (χ3v) is 4.17. The van der Waals surface area contributed by atoms with E-state index in [4.69, 9.17) is 4.74 Å². The Morgan fingerprint density at radius 1 is 1.22 bits per heavy atom. The summed E-state index contributed by atoms with van der Waals surface area (Å²) in [5.74, 6) is -0.202. The van der Waals surface area contributed by atoms with Crippen LogP contribution in [0.5, 0.6) is 0 Å². The predicted molar refractivity (Wildman–Crippen MR) is 87.1 cm³/mol. The van der Waals surface area contributed by atoms with Crippen LogP contribution in [0.2, 0.25) is 0 Å². The SMILES string of the molecule is CCCCCCN1C(C(=O)OCC)C1c1ccc([N+](=O)[O-])cc1. The molecule has 0 aliphatic carbocycles. The van der Waals surface area contributed by atoms with Crippen molar-refractivity contribution in [3.05, 3.63) is 39.9 Å². The minimum absolute atomic E-state index is 0.0171. The molecule has 23 heavy (non-hydrogen) atoms. The standard InChI is InChI=1S/C17H24N2O4/c1-3-5-6-7-12-18-15(16(18)17(20)23-4-2)13-8-10-14(11-9-13)19(21)22/h8-11,15-16H,3-7,12H2,1-2H3. The quantitative estimate of drug-likeness (QED) is 0.229. The molecule has 0 bridgehead atoms. The fourth-order valence-electron chi connectivity index (χ4n) is 2.93. The maximum Gasteiger partial charge on any atom is 0.325 e. The highest BCUT2D eigenvalue weighted by molar-refractivity contribution is 5.80. The Kier molecular flexibility index (Phi) is 6.10. The van der Waals surface area contributed by atoms with Gasteiger partial charge in [0.25, 0.3) is 5.69 Å². The van der Waals surface area contributed by atoms with E-state index in [0.29, 0.717) is 6.61 Å². The normalized spacial score (nSPS) is 22.6. The molecule has 126 valence electrons. The number of hydrogen-bond acceptors (Lipinski definition) is 5. The molecule has 1 saturated heterocycles. The lowest BCUT2D eigenvalue weighted by Crippen LogP contribution is -2.16. The number of hydrogen-bond donors (Lipinski definition) is 0. The van der Waals surface area contributed by atoms with Crippen LogP contribution >= 0.6 is 0 Å². The molecule has 0 saturated carbocycles. The molecule has 1 aromatic rings. The van der Waals surface area contributed by atoms with Crippen molar-refractivity contribution in [1.82, 2.24) is 4.90 Å². The largest absolute Gasteiger partial charge is 0.465 e. The first kappa shape index (κ1) is 17.4. The Morgan fingerprint density at radius 2 is 1.91 bits per heavy atom. The first-order chi connectivity index (χ1) is 11.1. The van der Waals surface area contributed by atoms with Crippen molar-refractivity contribution < 1.29 is 14.5 Å². The van der Waals surface area contributed by atoms with Crippen LogP contribution in [0.25, 0.3) is 0 Å². The molecule has 3 atom stereocenters. The van der Waals surface area contributed by atoms with Gasteiger partial charge in [0.2, 0.25) is 0 Å². The molecule has 2 rings (SSSR count). The van der Waals surface area contributed by atoms with Crippen LogP contribution in [0.3, 0.4) is 0 Å². The number of esters is 1. The first-order valence-corrected chi connectivity index (χ1v) is 8.26. The van der Waals surface area contributed by atoms with Gasteiger partial charge in [-0.25, -0.2) is 0 Å². The van der Waals surface area contributed by atoms with Crippen molar-refractivity contribution >= 4 is 11.7 Å². The van der Waals surface area contributed by atoms with Gasteiger partial charge in [0.1, 0.15) is 6.04 Å². The number of benzene rings is 1. The van der Waals surface area contributed by atoms with Crippen LogP contribution in [-0.2, 0) is 9.53 Å². The molecule has 1 aromatic carbocycles. The van der Waals surface area contributed by atoms with Gasteiger partial charge in [-0.15, -0.1) is 0 Å². The smallest absolute Gasteiger partial charge is 0.325 e. The lowest BCUT2D eigenvalue weighted by molar-refractivity contribution is -0.384. The number of nitro benzene ring substituents is 1. The van der Waals surface area contributed by atoms with E-state index in [1.165, 1.54) is 25.0 Å². The highest BCUT2D eigenvalue weighted by Crippen LogP contribution is 2.44. The Morgan fingerprint density at radius 3 is 2.48 bits per heavy atom. The summed E-state index contributed by atoms with van der Waals surface area (Å²) in [6, 6.07) is 6.19. The lowest BCUT2D eigenvalue weighted by Gasteiger charge is -2.04. The van der Waals surface area contributed by atoms with Crippen molar-refractivity contribution in [2.45, 2.75) is 51.6 Å². The zero-order chi connectivity index (χ0) is 16.8. The minimum atomic E-state index is -0.415. The van der Waals surface area contributed by atoms with Gasteiger partial charge in [-0.2, -0.15) is 0 Å². The number of non-ortho nitro benzene ring substituents is 1. The summed E-state index contributed by atoms with van der Waals surface area (Å²) < 4.78 is 5.15. The monoisotopic (exact) mass is 320 g/mol. The Bertz CT molecular complexity index is 544. The number of nitro groups is 1. The summed E-state index contributed by atoms with van der Waals surface area (Å²) in [7, 11) is 0. The molecular weight excluding hydrogens is 296 g/mol. The summed E-state index contributed by atoms with van der Waals surface area (Å²) in [6.45, 7) is 5.18. The van der Waals surface area contributed by atoms with E-state index in [1.807, 2.05) is 0 Å². The molecular formula is C17H24N2O4. The van der Waals surface area contributed by atoms with Crippen LogP contribution in [0.1, 0.15) is 51.1 Å². The maximum atomic E-state index is 12.1. The van der Waals surface area contributed by atoms with Gasteiger partial charge in [0.05, 0.1) is 17.6 Å². The van der Waals surface area contributed by atoms with Crippen LogP contribution in [0, 0.1) is 10.1 Å². The van der Waals surface area contributed by atoms with E-state index >= 15 is 0 Å². The molecule has 0 N–H and O–H groups in total. The molecule has 1 aliphatic heterocycles. The second kappa shape index (κ2) is 8.06. The van der Waals surface area contributed by atoms with Crippen LogP contribution in [0.15, 0.2) is 24.3 Å². The molecule has 1 heterocycles. The Labute approximate surface area is 136 Å². The third kappa shape index (κ3) is 4.28. The van der Waals surface area contributed by atoms with Crippen molar-refractivity contribution in [1.29, 1.82) is 0 Å². The molecule has 0 aromatic heterocycles. The van der Waals surface area contributed by atoms with Crippen LogP contribution in [0.4, 0.5) is 5.69 Å². The van der Waals surface area contributed by atoms with Gasteiger partial charge in [-0.3, -0.25) is 19.8 Å². The summed E-state index contributed by atoms with van der Waals surface area (Å²) in [5, 5.41) is 10.7. The molecule has 0 radical (unpaired) electrons. The second-order valence-electron chi connectivity index (χ2n) is 5.79. The minimum Gasteiger partial charge on any atom is -0.465 e. The van der Waals surface area contributed by atoms with Gasteiger partial charge < -0.3 is 4.74 Å². The fourth-order valence-corrected chi connectivity index (χ4v) is 2.93. The number of unbranched alkanes of at least 4 members (excludes halogenated alkanes) is 3. The van der Waals surface area contributed by atoms with Gasteiger partial charge in [0.15, 0.2) is 0 Å². The highest BCUT2D eigenvalue weighted by atomic mass is 16.6. The average Bonchev–Trinajstić information content (AvgIpc) is 3.26. The van der Waals surface area contributed by atoms with Gasteiger partial charge in [-0.1, -0.05) is 38.3 Å². The average molecular weight is 320 g/mol. The molecule has 6 nitrogen and oxygen atoms in total. The van der Waals surface area contributed by atoms with Gasteiger partial charge in [0, 0.05) is 12.1 Å². The summed E-state index contributed by atoms with van der Waals surface area (Å²) in [6.07, 6.45) is 4.57. The third-order valence-electron chi connectivity index (χ3n) is 4.17. The lowest BCUT2D eigenvalue weighted by atomic mass is 10.1.